The van der Waals surface area contributed by atoms with Crippen molar-refractivity contribution < 1.29 is 4.79 Å². The lowest BCUT2D eigenvalue weighted by molar-refractivity contribution is -0.116. The van der Waals surface area contributed by atoms with Gasteiger partial charge in [0, 0.05) is 23.2 Å². The summed E-state index contributed by atoms with van der Waals surface area (Å²) < 4.78 is 0. The Balaban J connectivity index is 1.72. The van der Waals surface area contributed by atoms with Gasteiger partial charge in [-0.15, -0.1) is 0 Å². The number of aromatic amines is 2. The van der Waals surface area contributed by atoms with Crippen LogP contribution in [0.5, 0.6) is 0 Å². The molecule has 1 aromatic carbocycles. The maximum absolute atomic E-state index is 12.2. The number of aryl methyl sites for hydroxylation is 2. The first kappa shape index (κ1) is 16.2. The minimum atomic E-state index is -0.377. The zero-order valence-corrected chi connectivity index (χ0v) is 14.0. The van der Waals surface area contributed by atoms with Gasteiger partial charge in [-0.05, 0) is 38.0 Å². The van der Waals surface area contributed by atoms with Gasteiger partial charge < -0.3 is 10.3 Å². The maximum Gasteiger partial charge on any atom is 0.345 e. The number of fused-ring (bicyclic) bond motifs is 1. The molecule has 1 amide bonds. The van der Waals surface area contributed by atoms with Gasteiger partial charge in [0.15, 0.2) is 5.82 Å². The molecule has 0 aliphatic rings. The summed E-state index contributed by atoms with van der Waals surface area (Å²) in [7, 11) is 0. The molecular weight excluding hydrogens is 330 g/mol. The van der Waals surface area contributed by atoms with Crippen LogP contribution in [0.25, 0.3) is 10.9 Å². The number of carbonyl (C=O) groups excluding carboxylic acids is 1. The van der Waals surface area contributed by atoms with Crippen molar-refractivity contribution >= 4 is 34.2 Å². The van der Waals surface area contributed by atoms with Gasteiger partial charge in [0.1, 0.15) is 0 Å². The first-order valence-electron chi connectivity index (χ1n) is 7.44. The molecule has 0 saturated carbocycles. The van der Waals surface area contributed by atoms with Crippen LogP contribution in [0.15, 0.2) is 23.0 Å². The second-order valence-electron chi connectivity index (χ2n) is 5.51. The van der Waals surface area contributed by atoms with Crippen molar-refractivity contribution in [3.63, 3.8) is 0 Å². The van der Waals surface area contributed by atoms with E-state index in [2.05, 4.69) is 25.5 Å². The van der Waals surface area contributed by atoms with Crippen molar-refractivity contribution in [3.05, 3.63) is 50.7 Å². The van der Waals surface area contributed by atoms with Gasteiger partial charge in [0.25, 0.3) is 0 Å². The highest BCUT2D eigenvalue weighted by Crippen LogP contribution is 2.26. The Hall–Kier alpha value is -2.67. The molecule has 0 aliphatic heterocycles. The largest absolute Gasteiger partial charge is 0.345 e. The van der Waals surface area contributed by atoms with Crippen molar-refractivity contribution in [2.75, 3.05) is 5.32 Å². The van der Waals surface area contributed by atoms with E-state index >= 15 is 0 Å². The molecule has 2 heterocycles. The fourth-order valence-corrected chi connectivity index (χ4v) is 2.88. The third-order valence-corrected chi connectivity index (χ3v) is 4.18. The van der Waals surface area contributed by atoms with E-state index in [1.54, 1.807) is 26.0 Å². The summed E-state index contributed by atoms with van der Waals surface area (Å²) >= 11 is 6.08. The molecule has 0 atom stereocenters. The van der Waals surface area contributed by atoms with Crippen LogP contribution in [0.3, 0.4) is 0 Å². The smallest absolute Gasteiger partial charge is 0.310 e. The van der Waals surface area contributed by atoms with Crippen LogP contribution in [0.1, 0.15) is 23.4 Å². The number of aromatic nitrogens is 4. The predicted molar refractivity (Wildman–Crippen MR) is 92.4 cm³/mol. The van der Waals surface area contributed by atoms with E-state index in [0.29, 0.717) is 28.5 Å². The van der Waals surface area contributed by atoms with Crippen LogP contribution in [0, 0.1) is 13.8 Å². The van der Waals surface area contributed by atoms with E-state index in [0.717, 1.165) is 16.6 Å². The van der Waals surface area contributed by atoms with Crippen LogP contribution in [0.4, 0.5) is 5.82 Å². The summed E-state index contributed by atoms with van der Waals surface area (Å²) in [6.07, 6.45) is 0.737. The Morgan fingerprint density at radius 1 is 1.33 bits per heavy atom. The van der Waals surface area contributed by atoms with Crippen molar-refractivity contribution in [1.29, 1.82) is 0 Å². The molecule has 0 unspecified atom stereocenters. The Morgan fingerprint density at radius 2 is 2.12 bits per heavy atom. The number of para-hydroxylation sites is 1. The second kappa shape index (κ2) is 6.45. The van der Waals surface area contributed by atoms with Crippen molar-refractivity contribution in [2.24, 2.45) is 0 Å². The van der Waals surface area contributed by atoms with Crippen molar-refractivity contribution in [3.8, 4) is 0 Å². The van der Waals surface area contributed by atoms with Crippen LogP contribution in [-0.2, 0) is 11.2 Å². The van der Waals surface area contributed by atoms with Crippen LogP contribution in [-0.4, -0.2) is 26.1 Å². The van der Waals surface area contributed by atoms with Crippen molar-refractivity contribution in [2.45, 2.75) is 26.7 Å². The SMILES string of the molecule is Cc1nc(=O)[nH]c(C)c1CCC(=O)Nc1n[nH]c2c(Cl)cccc12. The number of nitrogens with one attached hydrogen (secondary N) is 3. The summed E-state index contributed by atoms with van der Waals surface area (Å²) in [6, 6.07) is 5.39. The van der Waals surface area contributed by atoms with Gasteiger partial charge >= 0.3 is 5.69 Å². The Morgan fingerprint density at radius 3 is 2.88 bits per heavy atom. The van der Waals surface area contributed by atoms with Gasteiger partial charge in [0.05, 0.1) is 10.5 Å². The fourth-order valence-electron chi connectivity index (χ4n) is 2.66. The van der Waals surface area contributed by atoms with Gasteiger partial charge in [-0.25, -0.2) is 4.79 Å². The Bertz CT molecular complexity index is 950. The van der Waals surface area contributed by atoms with E-state index in [4.69, 9.17) is 11.6 Å². The molecule has 8 heteroatoms. The highest BCUT2D eigenvalue weighted by Gasteiger charge is 2.13. The van der Waals surface area contributed by atoms with Crippen molar-refractivity contribution in [1.82, 2.24) is 20.2 Å². The zero-order valence-electron chi connectivity index (χ0n) is 13.2. The molecule has 3 rings (SSSR count). The van der Waals surface area contributed by atoms with Gasteiger partial charge in [-0.3, -0.25) is 9.89 Å². The quantitative estimate of drug-likeness (QED) is 0.675. The number of anilines is 1. The summed E-state index contributed by atoms with van der Waals surface area (Å²) in [4.78, 5) is 30.0. The minimum Gasteiger partial charge on any atom is -0.310 e. The number of rotatable bonds is 4. The van der Waals surface area contributed by atoms with E-state index in [1.165, 1.54) is 0 Å². The minimum absolute atomic E-state index is 0.173. The molecule has 124 valence electrons. The molecule has 0 spiro atoms. The molecule has 0 saturated heterocycles. The number of hydrogen-bond acceptors (Lipinski definition) is 4. The third-order valence-electron chi connectivity index (χ3n) is 3.86. The number of amides is 1. The number of nitrogens with zero attached hydrogens (tertiary/aromatic N) is 2. The third kappa shape index (κ3) is 3.16. The first-order valence-corrected chi connectivity index (χ1v) is 7.82. The van der Waals surface area contributed by atoms with Crippen LogP contribution >= 0.6 is 11.6 Å². The molecule has 0 radical (unpaired) electrons. The molecular formula is C16H16ClN5O2. The standard InChI is InChI=1S/C16H16ClN5O2/c1-8-10(9(2)19-16(24)18-8)6-7-13(23)20-15-11-4-3-5-12(17)14(11)21-22-15/h3-5H,6-7H2,1-2H3,(H,18,19,24)(H2,20,21,22,23). The molecule has 0 bridgehead atoms. The second-order valence-corrected chi connectivity index (χ2v) is 5.92. The monoisotopic (exact) mass is 345 g/mol. The molecule has 3 N–H and O–H groups in total. The Labute approximate surface area is 142 Å². The van der Waals surface area contributed by atoms with Gasteiger partial charge in [-0.2, -0.15) is 10.1 Å². The maximum atomic E-state index is 12.2. The summed E-state index contributed by atoms with van der Waals surface area (Å²) in [5.41, 5.74) is 2.56. The fraction of sp³-hybridized carbons (Fsp3) is 0.250. The Kier molecular flexibility index (Phi) is 4.35. The average Bonchev–Trinajstić information content (AvgIpc) is 2.90. The highest BCUT2D eigenvalue weighted by molar-refractivity contribution is 6.35. The van der Waals surface area contributed by atoms with E-state index in [1.807, 2.05) is 6.07 Å². The average molecular weight is 346 g/mol. The highest BCUT2D eigenvalue weighted by atomic mass is 35.5. The number of hydrogen-bond donors (Lipinski definition) is 3. The number of H-pyrrole nitrogens is 2. The summed E-state index contributed by atoms with van der Waals surface area (Å²) in [5.74, 6) is 0.277. The molecule has 7 nitrogen and oxygen atoms in total. The number of halogens is 1. The lowest BCUT2D eigenvalue weighted by Crippen LogP contribution is -2.18. The van der Waals surface area contributed by atoms with E-state index in [-0.39, 0.29) is 18.0 Å². The molecule has 3 aromatic rings. The molecule has 0 aliphatic carbocycles. The van der Waals surface area contributed by atoms with Gasteiger partial charge in [0.2, 0.25) is 5.91 Å². The molecule has 24 heavy (non-hydrogen) atoms. The topological polar surface area (TPSA) is 104 Å². The lowest BCUT2D eigenvalue weighted by Gasteiger charge is -2.08. The summed E-state index contributed by atoms with van der Waals surface area (Å²) in [6.45, 7) is 3.56. The van der Waals surface area contributed by atoms with Gasteiger partial charge in [-0.1, -0.05) is 17.7 Å². The summed E-state index contributed by atoms with van der Waals surface area (Å²) in [5, 5.41) is 11.0. The normalized spacial score (nSPS) is 11.0. The van der Waals surface area contributed by atoms with Crippen LogP contribution < -0.4 is 11.0 Å². The lowest BCUT2D eigenvalue weighted by atomic mass is 10.1. The van der Waals surface area contributed by atoms with E-state index < -0.39 is 0 Å². The zero-order chi connectivity index (χ0) is 17.3. The first-order chi connectivity index (χ1) is 11.5. The number of benzene rings is 1. The van der Waals surface area contributed by atoms with Crippen LogP contribution in [0.2, 0.25) is 5.02 Å². The van der Waals surface area contributed by atoms with E-state index in [9.17, 15) is 9.59 Å². The number of carbonyl (C=O) groups is 1. The predicted octanol–water partition coefficient (Wildman–Crippen LogP) is 2.49. The molecule has 2 aromatic heterocycles. The molecule has 0 fully saturated rings.